The molecule has 0 saturated heterocycles. The largest absolute Gasteiger partial charge is 0.452 e. The Labute approximate surface area is 207 Å². The maximum absolute atomic E-state index is 14.8. The lowest BCUT2D eigenvalue weighted by molar-refractivity contribution is -0.211. The highest BCUT2D eigenvalue weighted by atomic mass is 79.9. The Kier molecular flexibility index (Phi) is 7.54. The number of nitrogens with zero attached hydrogens (tertiary/aromatic N) is 3. The van der Waals surface area contributed by atoms with Gasteiger partial charge in [-0.25, -0.2) is 18.5 Å². The Balaban J connectivity index is 2.19. The van der Waals surface area contributed by atoms with E-state index in [2.05, 4.69) is 20.8 Å². The van der Waals surface area contributed by atoms with Gasteiger partial charge in [0.1, 0.15) is 17.3 Å². The highest BCUT2D eigenvalue weighted by Gasteiger charge is 2.35. The number of para-hydroxylation sites is 1. The molecule has 0 unspecified atom stereocenters. The number of alkyl halides is 3. The van der Waals surface area contributed by atoms with Gasteiger partial charge < -0.3 is 4.74 Å². The third-order valence-corrected chi connectivity index (χ3v) is 5.26. The molecule has 1 heterocycles. The van der Waals surface area contributed by atoms with Gasteiger partial charge in [-0.15, -0.1) is 0 Å². The molecule has 1 aromatic heterocycles. The number of aromatic nitrogens is 2. The fourth-order valence-electron chi connectivity index (χ4n) is 3.07. The van der Waals surface area contributed by atoms with Crippen LogP contribution in [0.2, 0.25) is 0 Å². The molecule has 0 radical (unpaired) electrons. The van der Waals surface area contributed by atoms with E-state index in [1.807, 2.05) is 6.07 Å². The van der Waals surface area contributed by atoms with Crippen molar-refractivity contribution in [1.29, 1.82) is 5.26 Å². The van der Waals surface area contributed by atoms with Crippen LogP contribution in [0.1, 0.15) is 18.2 Å². The van der Waals surface area contributed by atoms with Crippen molar-refractivity contribution in [3.63, 3.8) is 0 Å². The number of hydrogen-bond donors (Lipinski definition) is 0. The molecule has 0 aliphatic heterocycles. The molecule has 14 heteroatoms. The molecule has 3 rings (SSSR count). The summed E-state index contributed by atoms with van der Waals surface area (Å²) in [6, 6.07) is 8.11. The number of benzene rings is 2. The predicted octanol–water partition coefficient (Wildman–Crippen LogP) is 4.17. The molecule has 0 atom stereocenters. The molecule has 36 heavy (non-hydrogen) atoms. The van der Waals surface area contributed by atoms with Gasteiger partial charge in [0.05, 0.1) is 22.7 Å². The second-order valence-electron chi connectivity index (χ2n) is 7.12. The Morgan fingerprint density at radius 2 is 1.86 bits per heavy atom. The normalized spacial score (nSPS) is 11.1. The number of nitriles is 1. The zero-order valence-corrected chi connectivity index (χ0v) is 19.9. The van der Waals surface area contributed by atoms with Crippen molar-refractivity contribution in [1.82, 2.24) is 9.13 Å². The van der Waals surface area contributed by atoms with Gasteiger partial charge in [-0.05, 0) is 28.1 Å². The molecular weight excluding hydrogens is 558 g/mol. The summed E-state index contributed by atoms with van der Waals surface area (Å²) >= 11 is 3.08. The summed E-state index contributed by atoms with van der Waals surface area (Å²) in [5, 5.41) is 9.12. The Hall–Kier alpha value is -4.12. The number of carbonyl (C=O) groups is 1. The Morgan fingerprint density at radius 3 is 2.47 bits per heavy atom. The van der Waals surface area contributed by atoms with Crippen LogP contribution in [0, 0.1) is 17.1 Å². The average Bonchev–Trinajstić information content (AvgIpc) is 2.78. The molecule has 0 spiro atoms. The van der Waals surface area contributed by atoms with Gasteiger partial charge in [-0.1, -0.05) is 12.1 Å². The first-order valence-corrected chi connectivity index (χ1v) is 10.6. The van der Waals surface area contributed by atoms with Crippen molar-refractivity contribution in [3.8, 4) is 29.0 Å². The van der Waals surface area contributed by atoms with E-state index in [4.69, 9.17) is 14.9 Å². The van der Waals surface area contributed by atoms with Gasteiger partial charge in [-0.2, -0.15) is 18.4 Å². The quantitative estimate of drug-likeness (QED) is 0.248. The van der Waals surface area contributed by atoms with Crippen molar-refractivity contribution >= 4 is 21.9 Å². The van der Waals surface area contributed by atoms with E-state index in [0.29, 0.717) is 0 Å². The van der Waals surface area contributed by atoms with Crippen LogP contribution in [0.3, 0.4) is 0 Å². The average molecular weight is 572 g/mol. The zero-order chi connectivity index (χ0) is 26.8. The second-order valence-corrected chi connectivity index (χ2v) is 7.97. The fraction of sp³-hybridized carbons (Fsp3) is 0.182. The standard InChI is InChI=1S/C22H14BrF4N3O6/c1-11(31)35-36-16-5-3-4-12(6-7-28)20(16)34-17-9-15(14(24)8-13(17)23)30-19(32)10-18(22(25,26)27)29(2)21(30)33/h3-5,8-10H,6H2,1-2H3. The van der Waals surface area contributed by atoms with Crippen molar-refractivity contribution in [2.45, 2.75) is 19.5 Å². The van der Waals surface area contributed by atoms with Crippen molar-refractivity contribution in [2.24, 2.45) is 7.05 Å². The molecule has 0 N–H and O–H groups in total. The van der Waals surface area contributed by atoms with Gasteiger partial charge in [0, 0.05) is 31.7 Å². The lowest BCUT2D eigenvalue weighted by Crippen LogP contribution is -2.41. The Morgan fingerprint density at radius 1 is 1.17 bits per heavy atom. The minimum absolute atomic E-state index is 0.0225. The third-order valence-electron chi connectivity index (χ3n) is 4.64. The monoisotopic (exact) mass is 571 g/mol. The molecule has 0 fully saturated rings. The third kappa shape index (κ3) is 5.41. The minimum atomic E-state index is -5.00. The summed E-state index contributed by atoms with van der Waals surface area (Å²) in [6.45, 7) is 1.07. The summed E-state index contributed by atoms with van der Waals surface area (Å²) in [6.07, 6.45) is -5.18. The SMILES string of the molecule is CC(=O)OOc1cccc(CC#N)c1Oc1cc(-n2c(=O)cc(C(F)(F)F)n(C)c2=O)c(F)cc1Br. The molecule has 2 aromatic carbocycles. The molecule has 0 aliphatic carbocycles. The van der Waals surface area contributed by atoms with Crippen LogP contribution >= 0.6 is 15.9 Å². The minimum Gasteiger partial charge on any atom is -0.452 e. The first-order valence-electron chi connectivity index (χ1n) is 9.76. The predicted molar refractivity (Wildman–Crippen MR) is 118 cm³/mol. The van der Waals surface area contributed by atoms with Gasteiger partial charge in [0.25, 0.3) is 5.56 Å². The van der Waals surface area contributed by atoms with E-state index in [0.717, 1.165) is 26.1 Å². The molecule has 0 amide bonds. The summed E-state index contributed by atoms with van der Waals surface area (Å²) in [7, 11) is 0.784. The molecule has 0 aliphatic rings. The van der Waals surface area contributed by atoms with Crippen LogP contribution in [-0.2, 0) is 29.3 Å². The van der Waals surface area contributed by atoms with Gasteiger partial charge in [0.2, 0.25) is 5.75 Å². The number of hydrogen-bond acceptors (Lipinski definition) is 7. The highest BCUT2D eigenvalue weighted by molar-refractivity contribution is 9.10. The van der Waals surface area contributed by atoms with Gasteiger partial charge in [0.15, 0.2) is 5.75 Å². The van der Waals surface area contributed by atoms with E-state index in [-0.39, 0.29) is 48.9 Å². The fourth-order valence-corrected chi connectivity index (χ4v) is 3.46. The second kappa shape index (κ2) is 10.2. The number of rotatable bonds is 6. The first-order chi connectivity index (χ1) is 16.8. The van der Waals surface area contributed by atoms with Gasteiger partial charge >= 0.3 is 17.8 Å². The number of carbonyl (C=O) groups excluding carboxylic acids is 1. The summed E-state index contributed by atoms with van der Waals surface area (Å²) in [5.41, 5.74) is -4.83. The lowest BCUT2D eigenvalue weighted by atomic mass is 10.1. The molecule has 0 bridgehead atoms. The number of halogens is 5. The highest BCUT2D eigenvalue weighted by Crippen LogP contribution is 2.39. The van der Waals surface area contributed by atoms with E-state index < -0.39 is 40.6 Å². The van der Waals surface area contributed by atoms with Crippen LogP contribution in [0.25, 0.3) is 5.69 Å². The Bertz CT molecular complexity index is 1510. The maximum atomic E-state index is 14.8. The summed E-state index contributed by atoms with van der Waals surface area (Å²) in [4.78, 5) is 45.6. The molecular formula is C22H14BrF4N3O6. The lowest BCUT2D eigenvalue weighted by Gasteiger charge is -2.17. The van der Waals surface area contributed by atoms with Crippen LogP contribution in [-0.4, -0.2) is 15.1 Å². The summed E-state index contributed by atoms with van der Waals surface area (Å²) < 4.78 is 60.4. The molecule has 3 aromatic rings. The van der Waals surface area contributed by atoms with E-state index in [1.165, 1.54) is 18.2 Å². The van der Waals surface area contributed by atoms with E-state index in [1.54, 1.807) is 0 Å². The number of ether oxygens (including phenoxy) is 1. The molecule has 9 nitrogen and oxygen atoms in total. The first kappa shape index (κ1) is 26.5. The summed E-state index contributed by atoms with van der Waals surface area (Å²) in [5.74, 6) is -2.40. The van der Waals surface area contributed by atoms with E-state index in [9.17, 15) is 31.9 Å². The van der Waals surface area contributed by atoms with Gasteiger partial charge in [-0.3, -0.25) is 19.1 Å². The van der Waals surface area contributed by atoms with Crippen LogP contribution in [0.4, 0.5) is 17.6 Å². The van der Waals surface area contributed by atoms with E-state index >= 15 is 0 Å². The maximum Gasteiger partial charge on any atom is 0.431 e. The molecule has 188 valence electrons. The van der Waals surface area contributed by atoms with Crippen molar-refractivity contribution < 1.29 is 36.9 Å². The molecule has 0 saturated carbocycles. The zero-order valence-electron chi connectivity index (χ0n) is 18.4. The topological polar surface area (TPSA) is 113 Å². The van der Waals surface area contributed by atoms with Crippen LogP contribution in [0.15, 0.2) is 50.5 Å². The van der Waals surface area contributed by atoms with Crippen LogP contribution in [0.5, 0.6) is 17.2 Å². The van der Waals surface area contributed by atoms with Crippen molar-refractivity contribution in [3.05, 3.63) is 78.8 Å². The van der Waals surface area contributed by atoms with Crippen molar-refractivity contribution in [2.75, 3.05) is 0 Å². The van der Waals surface area contributed by atoms with Crippen LogP contribution < -0.4 is 20.9 Å². The smallest absolute Gasteiger partial charge is 0.431 e.